The van der Waals surface area contributed by atoms with E-state index < -0.39 is 0 Å². The van der Waals surface area contributed by atoms with Gasteiger partial charge in [-0.25, -0.2) is 0 Å². The minimum atomic E-state index is -0.331. The summed E-state index contributed by atoms with van der Waals surface area (Å²) in [4.78, 5) is 29.6. The minimum absolute atomic E-state index is 0.00535. The van der Waals surface area contributed by atoms with Gasteiger partial charge >= 0.3 is 0 Å². The van der Waals surface area contributed by atoms with Crippen LogP contribution in [0.2, 0.25) is 0 Å². The normalized spacial score (nSPS) is 13.9. The number of unbranched alkanes of at least 4 members (excludes halogenated alkanes) is 3. The van der Waals surface area contributed by atoms with Crippen LogP contribution >= 0.6 is 28.1 Å². The summed E-state index contributed by atoms with van der Waals surface area (Å²) >= 11 is 8.81. The van der Waals surface area contributed by atoms with E-state index in [0.29, 0.717) is 42.3 Å². The molecular formula is C26H33BrN4O3S. The quantitative estimate of drug-likeness (QED) is 0.335. The second-order valence-electron chi connectivity index (χ2n) is 8.64. The maximum atomic E-state index is 12.8. The van der Waals surface area contributed by atoms with Gasteiger partial charge < -0.3 is 19.9 Å². The predicted octanol–water partition coefficient (Wildman–Crippen LogP) is 4.92. The summed E-state index contributed by atoms with van der Waals surface area (Å²) in [7, 11) is 2.05. The van der Waals surface area contributed by atoms with Crippen molar-refractivity contribution in [2.24, 2.45) is 0 Å². The van der Waals surface area contributed by atoms with Gasteiger partial charge in [-0.05, 0) is 78.0 Å². The fourth-order valence-electron chi connectivity index (χ4n) is 3.73. The molecule has 0 bridgehead atoms. The number of amides is 2. The van der Waals surface area contributed by atoms with Crippen LogP contribution in [0.3, 0.4) is 0 Å². The van der Waals surface area contributed by atoms with Gasteiger partial charge in [0.15, 0.2) is 5.11 Å². The molecule has 2 aromatic rings. The lowest BCUT2D eigenvalue weighted by Gasteiger charge is -2.32. The topological polar surface area (TPSA) is 73.9 Å². The predicted molar refractivity (Wildman–Crippen MR) is 147 cm³/mol. The van der Waals surface area contributed by atoms with Gasteiger partial charge in [0.1, 0.15) is 5.75 Å². The van der Waals surface area contributed by atoms with Crippen molar-refractivity contribution in [1.29, 1.82) is 0 Å². The van der Waals surface area contributed by atoms with E-state index in [-0.39, 0.29) is 16.9 Å². The molecule has 0 atom stereocenters. The Morgan fingerprint density at radius 1 is 1.03 bits per heavy atom. The number of anilines is 1. The van der Waals surface area contributed by atoms with Crippen LogP contribution in [0, 0.1) is 0 Å². The summed E-state index contributed by atoms with van der Waals surface area (Å²) in [6, 6.07) is 12.4. The van der Waals surface area contributed by atoms with Crippen molar-refractivity contribution in [1.82, 2.24) is 15.1 Å². The second kappa shape index (κ2) is 13.6. The smallest absolute Gasteiger partial charge is 0.257 e. The van der Waals surface area contributed by atoms with E-state index >= 15 is 0 Å². The molecule has 0 aromatic heterocycles. The van der Waals surface area contributed by atoms with Crippen molar-refractivity contribution in [3.05, 3.63) is 58.1 Å². The van der Waals surface area contributed by atoms with Crippen molar-refractivity contribution in [3.8, 4) is 5.75 Å². The first-order chi connectivity index (χ1) is 16.9. The molecule has 9 heteroatoms. The second-order valence-corrected chi connectivity index (χ2v) is 9.90. The van der Waals surface area contributed by atoms with Crippen LogP contribution in [0.25, 0.3) is 0 Å². The van der Waals surface area contributed by atoms with Gasteiger partial charge in [0, 0.05) is 43.0 Å². The molecule has 0 unspecified atom stereocenters. The van der Waals surface area contributed by atoms with Crippen LogP contribution in [0.4, 0.5) is 5.69 Å². The number of carbonyl (C=O) groups is 2. The van der Waals surface area contributed by atoms with Gasteiger partial charge in [0.2, 0.25) is 0 Å². The maximum Gasteiger partial charge on any atom is 0.257 e. The van der Waals surface area contributed by atoms with E-state index in [9.17, 15) is 9.59 Å². The van der Waals surface area contributed by atoms with Crippen LogP contribution in [0.5, 0.6) is 5.75 Å². The summed E-state index contributed by atoms with van der Waals surface area (Å²) in [6.45, 7) is 5.97. The zero-order valence-corrected chi connectivity index (χ0v) is 22.7. The van der Waals surface area contributed by atoms with E-state index in [4.69, 9.17) is 17.0 Å². The number of benzene rings is 2. The zero-order valence-electron chi connectivity index (χ0n) is 20.3. The number of hydrogen-bond acceptors (Lipinski definition) is 5. The molecule has 1 aliphatic heterocycles. The Bertz CT molecular complexity index is 1040. The van der Waals surface area contributed by atoms with E-state index in [1.54, 1.807) is 36.4 Å². The molecule has 0 aliphatic carbocycles. The summed E-state index contributed by atoms with van der Waals surface area (Å²) in [5.74, 6) is 0.372. The Labute approximate surface area is 221 Å². The van der Waals surface area contributed by atoms with E-state index in [2.05, 4.69) is 45.4 Å². The molecule has 0 saturated carbocycles. The van der Waals surface area contributed by atoms with Gasteiger partial charge in [-0.2, -0.15) is 0 Å². The molecule has 1 saturated heterocycles. The number of ether oxygens (including phenoxy) is 1. The molecule has 2 N–H and O–H groups in total. The number of piperazine rings is 1. The summed E-state index contributed by atoms with van der Waals surface area (Å²) in [5, 5.41) is 5.85. The highest BCUT2D eigenvalue weighted by Gasteiger charge is 2.20. The summed E-state index contributed by atoms with van der Waals surface area (Å²) < 4.78 is 6.52. The average molecular weight is 562 g/mol. The Kier molecular flexibility index (Phi) is 10.5. The molecule has 0 spiro atoms. The van der Waals surface area contributed by atoms with E-state index in [1.165, 1.54) is 12.8 Å². The largest absolute Gasteiger partial charge is 0.492 e. The SMILES string of the molecule is CCCCCCOc1ccc(C(=O)NC(=S)Nc2cccc(C(=O)N3CCN(C)CC3)c2)cc1Br. The monoisotopic (exact) mass is 560 g/mol. The number of nitrogens with zero attached hydrogens (tertiary/aromatic N) is 2. The third-order valence-electron chi connectivity index (χ3n) is 5.83. The number of likely N-dealkylation sites (N-methyl/N-ethyl adjacent to an activating group) is 1. The lowest BCUT2D eigenvalue weighted by Crippen LogP contribution is -2.47. The number of thiocarbonyl (C=S) groups is 1. The molecule has 1 fully saturated rings. The molecular weight excluding hydrogens is 528 g/mol. The van der Waals surface area contributed by atoms with Gasteiger partial charge in [0.05, 0.1) is 11.1 Å². The highest BCUT2D eigenvalue weighted by atomic mass is 79.9. The zero-order chi connectivity index (χ0) is 25.2. The summed E-state index contributed by atoms with van der Waals surface area (Å²) in [5.41, 5.74) is 1.68. The maximum absolute atomic E-state index is 12.8. The van der Waals surface area contributed by atoms with Crippen molar-refractivity contribution in [2.45, 2.75) is 32.6 Å². The molecule has 2 amide bonds. The van der Waals surface area contributed by atoms with Crippen LogP contribution < -0.4 is 15.4 Å². The Morgan fingerprint density at radius 2 is 1.80 bits per heavy atom. The lowest BCUT2D eigenvalue weighted by atomic mass is 10.1. The first-order valence-electron chi connectivity index (χ1n) is 12.0. The Balaban J connectivity index is 1.53. The lowest BCUT2D eigenvalue weighted by molar-refractivity contribution is 0.0664. The van der Waals surface area contributed by atoms with Gasteiger partial charge in [-0.3, -0.25) is 14.9 Å². The number of halogens is 1. The van der Waals surface area contributed by atoms with Crippen molar-refractivity contribution in [3.63, 3.8) is 0 Å². The molecule has 7 nitrogen and oxygen atoms in total. The number of nitrogens with one attached hydrogen (secondary N) is 2. The van der Waals surface area contributed by atoms with Crippen molar-refractivity contribution in [2.75, 3.05) is 45.2 Å². The van der Waals surface area contributed by atoms with Crippen molar-refractivity contribution >= 4 is 50.8 Å². The van der Waals surface area contributed by atoms with Crippen LogP contribution in [-0.4, -0.2) is 66.6 Å². The third kappa shape index (κ3) is 8.30. The fourth-order valence-corrected chi connectivity index (χ4v) is 4.43. The number of hydrogen-bond donors (Lipinski definition) is 2. The van der Waals surface area contributed by atoms with Crippen LogP contribution in [0.1, 0.15) is 53.3 Å². The molecule has 1 aliphatic rings. The fraction of sp³-hybridized carbons (Fsp3) is 0.423. The van der Waals surface area contributed by atoms with Crippen LogP contribution in [-0.2, 0) is 0 Å². The minimum Gasteiger partial charge on any atom is -0.492 e. The Morgan fingerprint density at radius 3 is 2.51 bits per heavy atom. The van der Waals surface area contributed by atoms with Gasteiger partial charge in [-0.15, -0.1) is 0 Å². The molecule has 35 heavy (non-hydrogen) atoms. The van der Waals surface area contributed by atoms with E-state index in [1.807, 2.05) is 11.0 Å². The third-order valence-corrected chi connectivity index (χ3v) is 6.66. The van der Waals surface area contributed by atoms with Crippen LogP contribution in [0.15, 0.2) is 46.9 Å². The molecule has 1 heterocycles. The first-order valence-corrected chi connectivity index (χ1v) is 13.2. The molecule has 0 radical (unpaired) electrons. The molecule has 3 rings (SSSR count). The number of carbonyl (C=O) groups excluding carboxylic acids is 2. The Hall–Kier alpha value is -2.49. The van der Waals surface area contributed by atoms with Gasteiger partial charge in [0.25, 0.3) is 11.8 Å². The first kappa shape index (κ1) is 27.1. The number of rotatable bonds is 9. The van der Waals surface area contributed by atoms with E-state index in [0.717, 1.165) is 30.4 Å². The average Bonchev–Trinajstić information content (AvgIpc) is 2.84. The summed E-state index contributed by atoms with van der Waals surface area (Å²) in [6.07, 6.45) is 4.54. The highest BCUT2D eigenvalue weighted by molar-refractivity contribution is 9.10. The molecule has 188 valence electrons. The van der Waals surface area contributed by atoms with Crippen molar-refractivity contribution < 1.29 is 14.3 Å². The highest BCUT2D eigenvalue weighted by Crippen LogP contribution is 2.26. The standard InChI is InChI=1S/C26H33BrN4O3S/c1-3-4-5-6-16-34-23-11-10-19(18-22(23)27)24(32)29-26(35)28-21-9-7-8-20(17-21)25(33)31-14-12-30(2)13-15-31/h7-11,17-18H,3-6,12-16H2,1-2H3,(H2,28,29,32,35). The molecule has 2 aromatic carbocycles. The van der Waals surface area contributed by atoms with Gasteiger partial charge in [-0.1, -0.05) is 32.3 Å².